The van der Waals surface area contributed by atoms with Crippen molar-refractivity contribution in [2.75, 3.05) is 6.54 Å². The highest BCUT2D eigenvalue weighted by Crippen LogP contribution is 2.08. The van der Waals surface area contributed by atoms with Gasteiger partial charge in [-0.05, 0) is 25.3 Å². The Balaban J connectivity index is 2.26. The molecule has 0 radical (unpaired) electrons. The van der Waals surface area contributed by atoms with Crippen LogP contribution in [0.2, 0.25) is 0 Å². The second-order valence-corrected chi connectivity index (χ2v) is 3.41. The van der Waals surface area contributed by atoms with Gasteiger partial charge in [0.1, 0.15) is 0 Å². The Kier molecular flexibility index (Phi) is 2.94. The number of hydrogen-bond donors (Lipinski definition) is 1. The lowest BCUT2D eigenvalue weighted by molar-refractivity contribution is 0.465. The molecular weight excluding hydrogens is 122 g/mol. The predicted molar refractivity (Wildman–Crippen MR) is 45.0 cm³/mol. The first-order valence-electron chi connectivity index (χ1n) is 4.19. The summed E-state index contributed by atoms with van der Waals surface area (Å²) in [4.78, 5) is 0. The maximum atomic E-state index is 3.46. The van der Waals surface area contributed by atoms with Crippen molar-refractivity contribution in [2.45, 2.75) is 32.7 Å². The van der Waals surface area contributed by atoms with Crippen molar-refractivity contribution in [3.63, 3.8) is 0 Å². The van der Waals surface area contributed by atoms with E-state index in [2.05, 4.69) is 31.3 Å². The highest BCUT2D eigenvalue weighted by molar-refractivity contribution is 4.97. The molecule has 10 heavy (non-hydrogen) atoms. The van der Waals surface area contributed by atoms with Crippen molar-refractivity contribution in [3.8, 4) is 0 Å². The van der Waals surface area contributed by atoms with Crippen LogP contribution in [-0.4, -0.2) is 12.6 Å². The van der Waals surface area contributed by atoms with Gasteiger partial charge in [0.05, 0.1) is 0 Å². The quantitative estimate of drug-likeness (QED) is 0.577. The lowest BCUT2D eigenvalue weighted by atomic mass is 10.0. The van der Waals surface area contributed by atoms with E-state index in [1.807, 2.05) is 0 Å². The molecule has 1 N–H and O–H groups in total. The Hall–Kier alpha value is -0.300. The Bertz CT molecular complexity index is 116. The maximum absolute atomic E-state index is 3.46. The molecule has 1 rings (SSSR count). The third-order valence-electron chi connectivity index (χ3n) is 1.81. The van der Waals surface area contributed by atoms with Crippen molar-refractivity contribution in [1.29, 1.82) is 0 Å². The van der Waals surface area contributed by atoms with Gasteiger partial charge in [-0.2, -0.15) is 0 Å². The van der Waals surface area contributed by atoms with Gasteiger partial charge in [0.15, 0.2) is 0 Å². The van der Waals surface area contributed by atoms with Crippen LogP contribution in [0.1, 0.15) is 26.7 Å². The summed E-state index contributed by atoms with van der Waals surface area (Å²) in [7, 11) is 0. The summed E-state index contributed by atoms with van der Waals surface area (Å²) in [6, 6.07) is 0.647. The van der Waals surface area contributed by atoms with Gasteiger partial charge in [-0.1, -0.05) is 26.0 Å². The Morgan fingerprint density at radius 3 is 2.90 bits per heavy atom. The highest BCUT2D eigenvalue weighted by atomic mass is 14.9. The molecule has 0 aromatic heterocycles. The van der Waals surface area contributed by atoms with E-state index in [-0.39, 0.29) is 0 Å². The van der Waals surface area contributed by atoms with Crippen molar-refractivity contribution in [2.24, 2.45) is 5.92 Å². The molecular formula is C9H17N. The second-order valence-electron chi connectivity index (χ2n) is 3.41. The molecule has 1 atom stereocenters. The van der Waals surface area contributed by atoms with Gasteiger partial charge in [0.25, 0.3) is 0 Å². The SMILES string of the molecule is CC(C)CC1C=CCCN1. The van der Waals surface area contributed by atoms with E-state index in [0.717, 1.165) is 12.5 Å². The monoisotopic (exact) mass is 139 g/mol. The summed E-state index contributed by atoms with van der Waals surface area (Å²) < 4.78 is 0. The average molecular weight is 139 g/mol. The van der Waals surface area contributed by atoms with E-state index in [9.17, 15) is 0 Å². The topological polar surface area (TPSA) is 12.0 Å². The number of hydrogen-bond acceptors (Lipinski definition) is 1. The van der Waals surface area contributed by atoms with Gasteiger partial charge >= 0.3 is 0 Å². The molecule has 0 aromatic carbocycles. The molecule has 0 aliphatic carbocycles. The first-order valence-corrected chi connectivity index (χ1v) is 4.19. The summed E-state index contributed by atoms with van der Waals surface area (Å²) in [6.45, 7) is 5.70. The molecule has 1 nitrogen and oxygen atoms in total. The summed E-state index contributed by atoms with van der Waals surface area (Å²) >= 11 is 0. The molecule has 58 valence electrons. The second kappa shape index (κ2) is 3.77. The Morgan fingerprint density at radius 1 is 1.60 bits per heavy atom. The van der Waals surface area contributed by atoms with Crippen molar-refractivity contribution in [1.82, 2.24) is 5.32 Å². The van der Waals surface area contributed by atoms with Gasteiger partial charge < -0.3 is 5.32 Å². The highest BCUT2D eigenvalue weighted by Gasteiger charge is 2.07. The van der Waals surface area contributed by atoms with Gasteiger partial charge in [-0.3, -0.25) is 0 Å². The first-order chi connectivity index (χ1) is 4.79. The number of nitrogens with one attached hydrogen (secondary N) is 1. The molecule has 0 bridgehead atoms. The molecule has 1 heterocycles. The molecule has 0 spiro atoms. The molecule has 0 saturated carbocycles. The van der Waals surface area contributed by atoms with E-state index in [0.29, 0.717) is 6.04 Å². The fraction of sp³-hybridized carbons (Fsp3) is 0.778. The molecule has 1 heteroatoms. The zero-order valence-corrected chi connectivity index (χ0v) is 6.93. The molecule has 1 aliphatic rings. The van der Waals surface area contributed by atoms with Crippen LogP contribution in [0.25, 0.3) is 0 Å². The van der Waals surface area contributed by atoms with Crippen LogP contribution in [0.5, 0.6) is 0 Å². The molecule has 1 aliphatic heterocycles. The standard InChI is InChI=1S/C9H17N/c1-8(2)7-9-5-3-4-6-10-9/h3,5,8-10H,4,6-7H2,1-2H3. The van der Waals surface area contributed by atoms with E-state index in [1.54, 1.807) is 0 Å². The zero-order valence-electron chi connectivity index (χ0n) is 6.93. The Labute approximate surface area is 63.5 Å². The van der Waals surface area contributed by atoms with Gasteiger partial charge in [0, 0.05) is 6.04 Å². The van der Waals surface area contributed by atoms with Crippen LogP contribution < -0.4 is 5.32 Å². The lowest BCUT2D eigenvalue weighted by Crippen LogP contribution is -2.31. The zero-order chi connectivity index (χ0) is 7.40. The summed E-state index contributed by atoms with van der Waals surface area (Å²) in [5.74, 6) is 0.806. The molecule has 0 amide bonds. The maximum Gasteiger partial charge on any atom is 0.0252 e. The fourth-order valence-corrected chi connectivity index (χ4v) is 1.35. The molecule has 0 saturated heterocycles. The first kappa shape index (κ1) is 7.80. The largest absolute Gasteiger partial charge is 0.310 e. The number of rotatable bonds is 2. The van der Waals surface area contributed by atoms with Crippen LogP contribution in [0.15, 0.2) is 12.2 Å². The van der Waals surface area contributed by atoms with Crippen LogP contribution in [0.3, 0.4) is 0 Å². The van der Waals surface area contributed by atoms with Gasteiger partial charge in [-0.15, -0.1) is 0 Å². The minimum atomic E-state index is 0.647. The normalized spacial score (nSPS) is 25.7. The van der Waals surface area contributed by atoms with E-state index >= 15 is 0 Å². The Morgan fingerprint density at radius 2 is 2.40 bits per heavy atom. The third kappa shape index (κ3) is 2.53. The minimum Gasteiger partial charge on any atom is -0.310 e. The van der Waals surface area contributed by atoms with Crippen LogP contribution in [-0.2, 0) is 0 Å². The van der Waals surface area contributed by atoms with Crippen LogP contribution in [0, 0.1) is 5.92 Å². The van der Waals surface area contributed by atoms with Crippen molar-refractivity contribution >= 4 is 0 Å². The predicted octanol–water partition coefficient (Wildman–Crippen LogP) is 1.95. The van der Waals surface area contributed by atoms with Crippen LogP contribution >= 0.6 is 0 Å². The lowest BCUT2D eigenvalue weighted by Gasteiger charge is -2.19. The van der Waals surface area contributed by atoms with Gasteiger partial charge in [0.2, 0.25) is 0 Å². The van der Waals surface area contributed by atoms with E-state index in [4.69, 9.17) is 0 Å². The smallest absolute Gasteiger partial charge is 0.0252 e. The summed E-state index contributed by atoms with van der Waals surface area (Å²) in [6.07, 6.45) is 7.05. The van der Waals surface area contributed by atoms with Gasteiger partial charge in [-0.25, -0.2) is 0 Å². The van der Waals surface area contributed by atoms with E-state index < -0.39 is 0 Å². The molecule has 1 unspecified atom stereocenters. The minimum absolute atomic E-state index is 0.647. The summed E-state index contributed by atoms with van der Waals surface area (Å²) in [5, 5.41) is 3.46. The van der Waals surface area contributed by atoms with Crippen molar-refractivity contribution < 1.29 is 0 Å². The van der Waals surface area contributed by atoms with Crippen LogP contribution in [0.4, 0.5) is 0 Å². The molecule has 0 fully saturated rings. The third-order valence-corrected chi connectivity index (χ3v) is 1.81. The average Bonchev–Trinajstić information content (AvgIpc) is 1.88. The molecule has 0 aromatic rings. The van der Waals surface area contributed by atoms with E-state index in [1.165, 1.54) is 12.8 Å². The summed E-state index contributed by atoms with van der Waals surface area (Å²) in [5.41, 5.74) is 0. The fourth-order valence-electron chi connectivity index (χ4n) is 1.35. The van der Waals surface area contributed by atoms with Crippen molar-refractivity contribution in [3.05, 3.63) is 12.2 Å².